The second-order valence-electron chi connectivity index (χ2n) is 4.85. The van der Waals surface area contributed by atoms with Crippen LogP contribution in [0.2, 0.25) is 0 Å². The van der Waals surface area contributed by atoms with Crippen LogP contribution in [0.5, 0.6) is 0 Å². The van der Waals surface area contributed by atoms with Gasteiger partial charge in [0.1, 0.15) is 0 Å². The molecule has 1 fully saturated rings. The van der Waals surface area contributed by atoms with Gasteiger partial charge in [-0.05, 0) is 49.4 Å². The number of benzene rings is 1. The van der Waals surface area contributed by atoms with Crippen LogP contribution in [0.25, 0.3) is 0 Å². The van der Waals surface area contributed by atoms with Crippen LogP contribution < -0.4 is 0 Å². The van der Waals surface area contributed by atoms with E-state index in [0.717, 1.165) is 24.8 Å². The lowest BCUT2D eigenvalue weighted by molar-refractivity contribution is 0.165. The zero-order valence-electron chi connectivity index (χ0n) is 10.0. The molecule has 2 rings (SSSR count). The highest BCUT2D eigenvalue weighted by Gasteiger charge is 2.19. The summed E-state index contributed by atoms with van der Waals surface area (Å²) in [5.74, 6) is 1.60. The van der Waals surface area contributed by atoms with E-state index in [2.05, 4.69) is 45.1 Å². The van der Waals surface area contributed by atoms with Gasteiger partial charge in [0.25, 0.3) is 0 Å². The third kappa shape index (κ3) is 4.27. The van der Waals surface area contributed by atoms with Crippen molar-refractivity contribution in [1.29, 1.82) is 0 Å². The van der Waals surface area contributed by atoms with E-state index in [1.54, 1.807) is 0 Å². The van der Waals surface area contributed by atoms with Crippen molar-refractivity contribution in [2.45, 2.75) is 25.8 Å². The molecule has 1 saturated heterocycles. The van der Waals surface area contributed by atoms with Crippen LogP contribution in [0.15, 0.2) is 28.7 Å². The van der Waals surface area contributed by atoms with Crippen molar-refractivity contribution in [3.8, 4) is 0 Å². The van der Waals surface area contributed by atoms with Crippen LogP contribution in [-0.4, -0.2) is 23.9 Å². The quantitative estimate of drug-likeness (QED) is 0.749. The molecular weight excluding hydrogens is 298 g/mol. The second kappa shape index (κ2) is 6.77. The first-order chi connectivity index (χ1) is 8.28. The van der Waals surface area contributed by atoms with E-state index >= 15 is 0 Å². The summed E-state index contributed by atoms with van der Waals surface area (Å²) in [6.07, 6.45) is 3.83. The van der Waals surface area contributed by atoms with Gasteiger partial charge in [0, 0.05) is 23.4 Å². The Morgan fingerprint density at radius 2 is 2.29 bits per heavy atom. The van der Waals surface area contributed by atoms with E-state index in [4.69, 9.17) is 11.6 Å². The number of hydrogen-bond donors (Lipinski definition) is 0. The first kappa shape index (κ1) is 13.4. The predicted molar refractivity (Wildman–Crippen MR) is 77.5 cm³/mol. The van der Waals surface area contributed by atoms with Crippen LogP contribution >= 0.6 is 27.5 Å². The second-order valence-corrected chi connectivity index (χ2v) is 6.14. The maximum Gasteiger partial charge on any atom is 0.0234 e. The minimum absolute atomic E-state index is 0.799. The van der Waals surface area contributed by atoms with Gasteiger partial charge >= 0.3 is 0 Å². The Hall–Kier alpha value is -0.0500. The van der Waals surface area contributed by atoms with Crippen molar-refractivity contribution >= 4 is 27.5 Å². The van der Waals surface area contributed by atoms with Gasteiger partial charge in [0.2, 0.25) is 0 Å². The van der Waals surface area contributed by atoms with E-state index in [1.165, 1.54) is 36.0 Å². The fraction of sp³-hybridized carbons (Fsp3) is 0.571. The van der Waals surface area contributed by atoms with Crippen LogP contribution in [0, 0.1) is 5.92 Å². The van der Waals surface area contributed by atoms with Gasteiger partial charge < -0.3 is 0 Å². The highest BCUT2D eigenvalue weighted by Crippen LogP contribution is 2.22. The molecule has 1 heterocycles. The molecule has 0 spiro atoms. The fourth-order valence-corrected chi connectivity index (χ4v) is 3.33. The van der Waals surface area contributed by atoms with E-state index in [0.29, 0.717) is 0 Å². The lowest BCUT2D eigenvalue weighted by atomic mass is 9.95. The first-order valence-electron chi connectivity index (χ1n) is 6.30. The largest absolute Gasteiger partial charge is 0.299 e. The summed E-state index contributed by atoms with van der Waals surface area (Å²) in [6, 6.07) is 8.61. The fourth-order valence-electron chi connectivity index (χ4n) is 2.58. The molecule has 0 radical (unpaired) electrons. The average Bonchev–Trinajstić information content (AvgIpc) is 2.30. The number of alkyl halides is 1. The van der Waals surface area contributed by atoms with E-state index in [1.807, 2.05) is 0 Å². The van der Waals surface area contributed by atoms with Gasteiger partial charge in [0.05, 0.1) is 0 Å². The summed E-state index contributed by atoms with van der Waals surface area (Å²) >= 11 is 9.37. The Morgan fingerprint density at radius 3 is 3.06 bits per heavy atom. The number of piperidine rings is 1. The molecule has 1 atom stereocenters. The van der Waals surface area contributed by atoms with Crippen LogP contribution in [0.4, 0.5) is 0 Å². The number of likely N-dealkylation sites (tertiary alicyclic amines) is 1. The molecule has 1 aromatic carbocycles. The number of nitrogens with zero attached hydrogens (tertiary/aromatic N) is 1. The summed E-state index contributed by atoms with van der Waals surface area (Å²) < 4.78 is 1.17. The van der Waals surface area contributed by atoms with Gasteiger partial charge in [0.15, 0.2) is 0 Å². The molecule has 1 unspecified atom stereocenters. The van der Waals surface area contributed by atoms with Crippen molar-refractivity contribution in [2.24, 2.45) is 5.92 Å². The molecule has 0 N–H and O–H groups in total. The van der Waals surface area contributed by atoms with Gasteiger partial charge in [-0.25, -0.2) is 0 Å². The van der Waals surface area contributed by atoms with Gasteiger partial charge in [-0.3, -0.25) is 4.90 Å². The molecule has 0 amide bonds. The molecule has 3 heteroatoms. The molecule has 1 aromatic rings. The summed E-state index contributed by atoms with van der Waals surface area (Å²) in [7, 11) is 0. The molecular formula is C14H19BrClN. The van der Waals surface area contributed by atoms with E-state index < -0.39 is 0 Å². The molecule has 1 nitrogen and oxygen atoms in total. The van der Waals surface area contributed by atoms with E-state index in [-0.39, 0.29) is 0 Å². The Labute approximate surface area is 117 Å². The molecule has 0 aliphatic carbocycles. The maximum atomic E-state index is 5.84. The topological polar surface area (TPSA) is 3.24 Å². The minimum atomic E-state index is 0.799. The van der Waals surface area contributed by atoms with Gasteiger partial charge in [-0.1, -0.05) is 28.1 Å². The molecule has 17 heavy (non-hydrogen) atoms. The van der Waals surface area contributed by atoms with Gasteiger partial charge in [-0.15, -0.1) is 11.6 Å². The monoisotopic (exact) mass is 315 g/mol. The third-order valence-electron chi connectivity index (χ3n) is 3.42. The summed E-state index contributed by atoms with van der Waals surface area (Å²) in [6.45, 7) is 3.50. The first-order valence-corrected chi connectivity index (χ1v) is 7.63. The molecule has 0 aromatic heterocycles. The Kier molecular flexibility index (Phi) is 5.33. The highest BCUT2D eigenvalue weighted by atomic mass is 79.9. The van der Waals surface area contributed by atoms with Gasteiger partial charge in [-0.2, -0.15) is 0 Å². The molecule has 1 aliphatic rings. The average molecular weight is 317 g/mol. The highest BCUT2D eigenvalue weighted by molar-refractivity contribution is 9.10. The van der Waals surface area contributed by atoms with Crippen molar-refractivity contribution in [2.75, 3.05) is 19.0 Å². The van der Waals surface area contributed by atoms with Crippen molar-refractivity contribution in [3.05, 3.63) is 34.3 Å². The van der Waals surface area contributed by atoms with Crippen LogP contribution in [-0.2, 0) is 6.54 Å². The minimum Gasteiger partial charge on any atom is -0.299 e. The van der Waals surface area contributed by atoms with E-state index in [9.17, 15) is 0 Å². The number of halogens is 2. The Bertz CT molecular complexity index is 354. The normalized spacial score (nSPS) is 21.6. The summed E-state index contributed by atoms with van der Waals surface area (Å²) in [5.41, 5.74) is 1.39. The SMILES string of the molecule is ClCCC1CCCN(Cc2cccc(Br)c2)C1. The predicted octanol–water partition coefficient (Wildman–Crippen LogP) is 4.29. The lowest BCUT2D eigenvalue weighted by Crippen LogP contribution is -2.35. The molecule has 94 valence electrons. The third-order valence-corrected chi connectivity index (χ3v) is 4.13. The molecule has 0 saturated carbocycles. The van der Waals surface area contributed by atoms with Crippen molar-refractivity contribution in [1.82, 2.24) is 4.90 Å². The lowest BCUT2D eigenvalue weighted by Gasteiger charge is -2.32. The summed E-state index contributed by atoms with van der Waals surface area (Å²) in [4.78, 5) is 2.56. The zero-order valence-corrected chi connectivity index (χ0v) is 12.4. The zero-order chi connectivity index (χ0) is 12.1. The number of rotatable bonds is 4. The maximum absolute atomic E-state index is 5.84. The standard InChI is InChI=1S/C14H19BrClN/c15-14-5-1-3-13(9-14)11-17-8-2-4-12(10-17)6-7-16/h1,3,5,9,12H,2,4,6-8,10-11H2. The van der Waals surface area contributed by atoms with Crippen molar-refractivity contribution < 1.29 is 0 Å². The molecule has 0 bridgehead atoms. The van der Waals surface area contributed by atoms with Crippen LogP contribution in [0.1, 0.15) is 24.8 Å². The van der Waals surface area contributed by atoms with Crippen LogP contribution in [0.3, 0.4) is 0 Å². The smallest absolute Gasteiger partial charge is 0.0234 e. The van der Waals surface area contributed by atoms with Crippen molar-refractivity contribution in [3.63, 3.8) is 0 Å². The summed E-state index contributed by atoms with van der Waals surface area (Å²) in [5, 5.41) is 0. The molecule has 1 aliphatic heterocycles. The Balaban J connectivity index is 1.90. The Morgan fingerprint density at radius 1 is 1.41 bits per heavy atom. The number of hydrogen-bond acceptors (Lipinski definition) is 1.